The van der Waals surface area contributed by atoms with E-state index in [2.05, 4.69) is 21.2 Å². The fourth-order valence-corrected chi connectivity index (χ4v) is 5.82. The van der Waals surface area contributed by atoms with Gasteiger partial charge in [0.15, 0.2) is 5.78 Å². The number of piperazine rings is 1. The van der Waals surface area contributed by atoms with Gasteiger partial charge in [-0.2, -0.15) is 5.26 Å². The van der Waals surface area contributed by atoms with Crippen molar-refractivity contribution in [3.8, 4) is 6.07 Å². The van der Waals surface area contributed by atoms with Crippen LogP contribution in [0.15, 0.2) is 24.3 Å². The number of nitriles is 1. The molecular weight excluding hydrogens is 420 g/mol. The van der Waals surface area contributed by atoms with E-state index in [1.165, 1.54) is 17.7 Å². The summed E-state index contributed by atoms with van der Waals surface area (Å²) in [4.78, 5) is 29.9. The smallest absolute Gasteiger partial charge is 0.239 e. The third-order valence-corrected chi connectivity index (χ3v) is 7.62. The summed E-state index contributed by atoms with van der Waals surface area (Å²) in [6, 6.07) is 10.1. The summed E-state index contributed by atoms with van der Waals surface area (Å²) < 4.78 is 0. The predicted octanol–water partition coefficient (Wildman–Crippen LogP) is 4.24. The Bertz CT molecular complexity index is 1010. The first-order valence-corrected chi connectivity index (χ1v) is 12.3. The number of carbonyl (C=O) groups excluding carboxylic acids is 2. The van der Waals surface area contributed by atoms with Crippen molar-refractivity contribution in [2.75, 3.05) is 42.9 Å². The van der Waals surface area contributed by atoms with Gasteiger partial charge in [-0.15, -0.1) is 11.3 Å². The Balaban J connectivity index is 1.32. The van der Waals surface area contributed by atoms with Gasteiger partial charge in [-0.1, -0.05) is 12.8 Å². The number of anilines is 2. The maximum absolute atomic E-state index is 12.7. The maximum atomic E-state index is 12.7. The van der Waals surface area contributed by atoms with Crippen molar-refractivity contribution < 1.29 is 9.59 Å². The molecule has 2 aromatic rings. The van der Waals surface area contributed by atoms with Crippen molar-refractivity contribution in [1.29, 1.82) is 5.26 Å². The second kappa shape index (κ2) is 10.3. The Morgan fingerprint density at radius 3 is 2.38 bits per heavy atom. The highest BCUT2D eigenvalue weighted by Crippen LogP contribution is 2.36. The molecule has 0 spiro atoms. The third kappa shape index (κ3) is 5.20. The molecule has 1 N–H and O–H groups in total. The van der Waals surface area contributed by atoms with Gasteiger partial charge in [-0.3, -0.25) is 14.5 Å². The monoisotopic (exact) mass is 450 g/mol. The largest absolute Gasteiger partial charge is 0.369 e. The van der Waals surface area contributed by atoms with Crippen molar-refractivity contribution in [2.24, 2.45) is 0 Å². The molecule has 0 atom stereocenters. The van der Waals surface area contributed by atoms with Gasteiger partial charge in [0.2, 0.25) is 5.91 Å². The summed E-state index contributed by atoms with van der Waals surface area (Å²) in [6.07, 6.45) is 6.70. The Labute approximate surface area is 193 Å². The van der Waals surface area contributed by atoms with Crippen molar-refractivity contribution in [3.63, 3.8) is 0 Å². The number of amides is 1. The van der Waals surface area contributed by atoms with Gasteiger partial charge in [-0.25, -0.2) is 0 Å². The normalized spacial score (nSPS) is 17.1. The second-order valence-corrected chi connectivity index (χ2v) is 9.75. The summed E-state index contributed by atoms with van der Waals surface area (Å²) in [5.74, 6) is 0.0274. The Hall–Kier alpha value is -2.69. The maximum Gasteiger partial charge on any atom is 0.239 e. The molecule has 1 fully saturated rings. The fraction of sp³-hybridized carbons (Fsp3) is 0.480. The summed E-state index contributed by atoms with van der Waals surface area (Å²) in [5.41, 5.74) is 3.67. The van der Waals surface area contributed by atoms with Gasteiger partial charge in [0.1, 0.15) is 11.1 Å². The molecule has 1 amide bonds. The summed E-state index contributed by atoms with van der Waals surface area (Å²) >= 11 is 1.60. The Morgan fingerprint density at radius 1 is 1.03 bits per heavy atom. The van der Waals surface area contributed by atoms with Crippen LogP contribution in [0, 0.1) is 11.3 Å². The lowest BCUT2D eigenvalue weighted by Crippen LogP contribution is -2.48. The highest BCUT2D eigenvalue weighted by molar-refractivity contribution is 7.16. The minimum atomic E-state index is -0.0463. The molecule has 1 aromatic carbocycles. The molecule has 2 aliphatic rings. The quantitative estimate of drug-likeness (QED) is 0.690. The first-order chi connectivity index (χ1) is 15.5. The minimum absolute atomic E-state index is 0.0463. The number of benzene rings is 1. The molecule has 2 heterocycles. The molecule has 32 heavy (non-hydrogen) atoms. The number of nitrogens with zero attached hydrogens (tertiary/aromatic N) is 3. The average Bonchev–Trinajstić information content (AvgIpc) is 3.09. The molecule has 0 saturated carbocycles. The van der Waals surface area contributed by atoms with Crippen LogP contribution in [0.4, 0.5) is 10.7 Å². The molecule has 0 unspecified atom stereocenters. The number of nitrogens with one attached hydrogen (secondary N) is 1. The fourth-order valence-electron chi connectivity index (χ4n) is 4.57. The van der Waals surface area contributed by atoms with Crippen molar-refractivity contribution >= 4 is 33.7 Å². The number of aryl methyl sites for hydroxylation is 1. The van der Waals surface area contributed by atoms with Crippen LogP contribution in [0.3, 0.4) is 0 Å². The number of rotatable bonds is 5. The minimum Gasteiger partial charge on any atom is -0.369 e. The SMILES string of the molecule is CC(=O)c1ccc(N2CCN(CC(=O)Nc3sc4c(c3C#N)CCCCCC4)CC2)cc1. The van der Waals surface area contributed by atoms with E-state index in [0.717, 1.165) is 73.7 Å². The summed E-state index contributed by atoms with van der Waals surface area (Å²) in [6.45, 7) is 5.19. The number of fused-ring (bicyclic) bond motifs is 1. The average molecular weight is 451 g/mol. The second-order valence-electron chi connectivity index (χ2n) is 8.65. The van der Waals surface area contributed by atoms with Crippen LogP contribution < -0.4 is 10.2 Å². The molecule has 0 bridgehead atoms. The van der Waals surface area contributed by atoms with Crippen molar-refractivity contribution in [2.45, 2.75) is 45.4 Å². The number of hydrogen-bond donors (Lipinski definition) is 1. The topological polar surface area (TPSA) is 76.4 Å². The lowest BCUT2D eigenvalue weighted by molar-refractivity contribution is -0.117. The lowest BCUT2D eigenvalue weighted by Gasteiger charge is -2.35. The first-order valence-electron chi connectivity index (χ1n) is 11.5. The van der Waals surface area contributed by atoms with Crippen LogP contribution >= 0.6 is 11.3 Å². The van der Waals surface area contributed by atoms with E-state index in [0.29, 0.717) is 12.1 Å². The molecule has 4 rings (SSSR count). The van der Waals surface area contributed by atoms with Gasteiger partial charge in [0, 0.05) is 42.3 Å². The number of hydrogen-bond acceptors (Lipinski definition) is 6. The standard InChI is InChI=1S/C25H30N4O2S/c1-18(30)19-8-10-20(11-9-19)29-14-12-28(13-15-29)17-24(31)27-25-22(16-26)21-6-4-2-3-5-7-23(21)32-25/h8-11H,2-7,12-15,17H2,1H3,(H,27,31). The van der Waals surface area contributed by atoms with E-state index in [1.54, 1.807) is 18.3 Å². The van der Waals surface area contributed by atoms with Crippen LogP contribution in [0.5, 0.6) is 0 Å². The number of ketones is 1. The zero-order chi connectivity index (χ0) is 22.5. The Kier molecular flexibility index (Phi) is 7.23. The van der Waals surface area contributed by atoms with Gasteiger partial charge in [-0.05, 0) is 62.4 Å². The molecule has 168 valence electrons. The zero-order valence-electron chi connectivity index (χ0n) is 18.7. The van der Waals surface area contributed by atoms with E-state index in [9.17, 15) is 14.9 Å². The summed E-state index contributed by atoms with van der Waals surface area (Å²) in [5, 5.41) is 13.5. The highest BCUT2D eigenvalue weighted by atomic mass is 32.1. The molecule has 1 aromatic heterocycles. The van der Waals surface area contributed by atoms with Gasteiger partial charge in [0.05, 0.1) is 12.1 Å². The van der Waals surface area contributed by atoms with Crippen LogP contribution in [0.1, 0.15) is 59.0 Å². The van der Waals surface area contributed by atoms with Crippen LogP contribution in [0.2, 0.25) is 0 Å². The third-order valence-electron chi connectivity index (χ3n) is 6.41. The van der Waals surface area contributed by atoms with Gasteiger partial charge >= 0.3 is 0 Å². The van der Waals surface area contributed by atoms with Gasteiger partial charge in [0.25, 0.3) is 0 Å². The predicted molar refractivity (Wildman–Crippen MR) is 129 cm³/mol. The van der Waals surface area contributed by atoms with Crippen LogP contribution in [-0.2, 0) is 17.6 Å². The summed E-state index contributed by atoms with van der Waals surface area (Å²) in [7, 11) is 0. The lowest BCUT2D eigenvalue weighted by atomic mass is 9.97. The molecule has 7 heteroatoms. The van der Waals surface area contributed by atoms with E-state index in [-0.39, 0.29) is 11.7 Å². The highest BCUT2D eigenvalue weighted by Gasteiger charge is 2.23. The number of carbonyl (C=O) groups is 2. The van der Waals surface area contributed by atoms with Gasteiger partial charge < -0.3 is 10.2 Å². The molecule has 1 aliphatic carbocycles. The first kappa shape index (κ1) is 22.5. The van der Waals surface area contributed by atoms with E-state index < -0.39 is 0 Å². The van der Waals surface area contributed by atoms with E-state index >= 15 is 0 Å². The van der Waals surface area contributed by atoms with Crippen molar-refractivity contribution in [1.82, 2.24) is 4.90 Å². The van der Waals surface area contributed by atoms with E-state index in [1.807, 2.05) is 24.3 Å². The van der Waals surface area contributed by atoms with Crippen LogP contribution in [-0.4, -0.2) is 49.3 Å². The van der Waals surface area contributed by atoms with Crippen molar-refractivity contribution in [3.05, 3.63) is 45.8 Å². The molecule has 1 aliphatic heterocycles. The van der Waals surface area contributed by atoms with Crippen LogP contribution in [0.25, 0.3) is 0 Å². The molecule has 0 radical (unpaired) electrons. The molecule has 1 saturated heterocycles. The molecule has 6 nitrogen and oxygen atoms in total. The number of thiophene rings is 1. The molecular formula is C25H30N4O2S. The Morgan fingerprint density at radius 2 is 1.72 bits per heavy atom. The number of Topliss-reactive ketones (excluding diaryl/α,β-unsaturated/α-hetero) is 1. The zero-order valence-corrected chi connectivity index (χ0v) is 19.5. The van der Waals surface area contributed by atoms with E-state index in [4.69, 9.17) is 0 Å².